The number of carbonyl (C=O) groups excluding carboxylic acids is 1. The lowest BCUT2D eigenvalue weighted by Gasteiger charge is -2.10. The van der Waals surface area contributed by atoms with E-state index in [9.17, 15) is 4.79 Å². The average Bonchev–Trinajstić information content (AvgIpc) is 2.80. The molecule has 88 valence electrons. The lowest BCUT2D eigenvalue weighted by atomic mass is 10.0. The molecule has 0 saturated heterocycles. The number of nitrogens with one attached hydrogen (secondary N) is 1. The number of H-pyrrole nitrogens is 1. The Morgan fingerprint density at radius 1 is 1.29 bits per heavy atom. The zero-order valence-corrected chi connectivity index (χ0v) is 10.1. The zero-order chi connectivity index (χ0) is 12.4. The number of rotatable bonds is 3. The van der Waals surface area contributed by atoms with Gasteiger partial charge in [-0.3, -0.25) is 9.89 Å². The van der Waals surface area contributed by atoms with Gasteiger partial charge in [-0.25, -0.2) is 0 Å². The Labute approximate surface area is 99.6 Å². The summed E-state index contributed by atoms with van der Waals surface area (Å²) in [5.41, 5.74) is 4.38. The van der Waals surface area contributed by atoms with E-state index in [1.165, 1.54) is 6.20 Å². The van der Waals surface area contributed by atoms with Crippen LogP contribution < -0.4 is 4.74 Å². The molecule has 4 heteroatoms. The number of nitrogens with zero attached hydrogens (tertiary/aromatic N) is 1. The second kappa shape index (κ2) is 4.41. The molecule has 1 N–H and O–H groups in total. The van der Waals surface area contributed by atoms with Crippen LogP contribution in [0.4, 0.5) is 0 Å². The predicted octanol–water partition coefficient (Wildman–Crippen LogP) is 2.51. The second-order valence-electron chi connectivity index (χ2n) is 3.95. The third-order valence-electron chi connectivity index (χ3n) is 2.88. The highest BCUT2D eigenvalue weighted by atomic mass is 16.5. The Morgan fingerprint density at radius 2 is 2.00 bits per heavy atom. The summed E-state index contributed by atoms with van der Waals surface area (Å²) in [5.74, 6) is 0.737. The van der Waals surface area contributed by atoms with Crippen molar-refractivity contribution >= 4 is 6.29 Å². The summed E-state index contributed by atoms with van der Waals surface area (Å²) in [4.78, 5) is 10.9. The number of ether oxygens (including phenoxy) is 1. The summed E-state index contributed by atoms with van der Waals surface area (Å²) in [6.45, 7) is 4.05. The van der Waals surface area contributed by atoms with Gasteiger partial charge in [-0.15, -0.1) is 0 Å². The van der Waals surface area contributed by atoms with Crippen LogP contribution in [0.5, 0.6) is 5.75 Å². The predicted molar refractivity (Wildman–Crippen MR) is 65.4 cm³/mol. The van der Waals surface area contributed by atoms with Gasteiger partial charge in [0.2, 0.25) is 0 Å². The van der Waals surface area contributed by atoms with Crippen molar-refractivity contribution in [1.29, 1.82) is 0 Å². The van der Waals surface area contributed by atoms with Crippen molar-refractivity contribution in [3.8, 4) is 17.0 Å². The first-order chi connectivity index (χ1) is 8.17. The number of hydrogen-bond acceptors (Lipinski definition) is 3. The molecule has 0 radical (unpaired) electrons. The zero-order valence-electron chi connectivity index (χ0n) is 10.1. The van der Waals surface area contributed by atoms with Crippen molar-refractivity contribution in [2.45, 2.75) is 13.8 Å². The molecule has 0 saturated carbocycles. The van der Waals surface area contributed by atoms with Crippen LogP contribution in [0.1, 0.15) is 21.5 Å². The van der Waals surface area contributed by atoms with E-state index in [0.717, 1.165) is 28.7 Å². The minimum atomic E-state index is 0.534. The van der Waals surface area contributed by atoms with Crippen LogP contribution in [0.2, 0.25) is 0 Å². The van der Waals surface area contributed by atoms with Gasteiger partial charge in [-0.2, -0.15) is 5.10 Å². The molecule has 0 aliphatic heterocycles. The first kappa shape index (κ1) is 11.4. The van der Waals surface area contributed by atoms with Gasteiger partial charge in [0, 0.05) is 5.56 Å². The minimum absolute atomic E-state index is 0.534. The van der Waals surface area contributed by atoms with Crippen LogP contribution in [0.25, 0.3) is 11.3 Å². The number of aromatic nitrogens is 2. The molecule has 17 heavy (non-hydrogen) atoms. The molecule has 0 spiro atoms. The van der Waals surface area contributed by atoms with E-state index in [-0.39, 0.29) is 0 Å². The normalized spacial score (nSPS) is 10.3. The molecular weight excluding hydrogens is 216 g/mol. The molecule has 2 rings (SSSR count). The van der Waals surface area contributed by atoms with Crippen molar-refractivity contribution in [3.63, 3.8) is 0 Å². The SMILES string of the molecule is COc1cc(C)c(C)cc1-c1[nH]ncc1C=O. The highest BCUT2D eigenvalue weighted by Crippen LogP contribution is 2.32. The molecule has 1 aromatic heterocycles. The molecule has 0 atom stereocenters. The lowest BCUT2D eigenvalue weighted by Crippen LogP contribution is -1.93. The Kier molecular flexibility index (Phi) is 2.95. The van der Waals surface area contributed by atoms with Crippen LogP contribution in [-0.2, 0) is 0 Å². The maximum atomic E-state index is 10.9. The number of aldehydes is 1. The lowest BCUT2D eigenvalue weighted by molar-refractivity contribution is 0.112. The van der Waals surface area contributed by atoms with E-state index >= 15 is 0 Å². The van der Waals surface area contributed by atoms with Gasteiger partial charge >= 0.3 is 0 Å². The third-order valence-corrected chi connectivity index (χ3v) is 2.88. The number of aryl methyl sites for hydroxylation is 2. The van der Waals surface area contributed by atoms with Crippen LogP contribution in [0.15, 0.2) is 18.3 Å². The highest BCUT2D eigenvalue weighted by molar-refractivity contribution is 5.87. The molecule has 0 aliphatic carbocycles. The fraction of sp³-hybridized carbons (Fsp3) is 0.231. The first-order valence-electron chi connectivity index (χ1n) is 5.31. The van der Waals surface area contributed by atoms with E-state index in [0.29, 0.717) is 11.3 Å². The van der Waals surface area contributed by atoms with Crippen LogP contribution >= 0.6 is 0 Å². The molecule has 1 heterocycles. The van der Waals surface area contributed by atoms with Crippen molar-refractivity contribution < 1.29 is 9.53 Å². The number of methoxy groups -OCH3 is 1. The van der Waals surface area contributed by atoms with Gasteiger partial charge in [-0.1, -0.05) is 0 Å². The third kappa shape index (κ3) is 1.93. The second-order valence-corrected chi connectivity index (χ2v) is 3.95. The first-order valence-corrected chi connectivity index (χ1v) is 5.31. The van der Waals surface area contributed by atoms with Crippen LogP contribution in [0.3, 0.4) is 0 Å². The molecule has 2 aromatic rings. The standard InChI is InChI=1S/C13H14N2O2/c1-8-4-11(12(17-3)5-9(8)2)13-10(7-16)6-14-15-13/h4-7H,1-3H3,(H,14,15). The van der Waals surface area contributed by atoms with Crippen molar-refractivity contribution in [3.05, 3.63) is 35.0 Å². The van der Waals surface area contributed by atoms with Crippen LogP contribution in [-0.4, -0.2) is 23.6 Å². The summed E-state index contributed by atoms with van der Waals surface area (Å²) in [5, 5.41) is 6.72. The maximum absolute atomic E-state index is 10.9. The van der Waals surface area contributed by atoms with Gasteiger partial charge in [0.15, 0.2) is 6.29 Å². The van der Waals surface area contributed by atoms with E-state index in [1.54, 1.807) is 7.11 Å². The van der Waals surface area contributed by atoms with Gasteiger partial charge in [0.05, 0.1) is 24.6 Å². The smallest absolute Gasteiger partial charge is 0.153 e. The van der Waals surface area contributed by atoms with Gasteiger partial charge in [0.1, 0.15) is 5.75 Å². The molecular formula is C13H14N2O2. The molecule has 0 bridgehead atoms. The van der Waals surface area contributed by atoms with Crippen molar-refractivity contribution in [1.82, 2.24) is 10.2 Å². The van der Waals surface area contributed by atoms with E-state index in [2.05, 4.69) is 10.2 Å². The Balaban J connectivity index is 2.66. The quantitative estimate of drug-likeness (QED) is 0.824. The Morgan fingerprint density at radius 3 is 2.65 bits per heavy atom. The van der Waals surface area contributed by atoms with E-state index in [4.69, 9.17) is 4.74 Å². The summed E-state index contributed by atoms with van der Waals surface area (Å²) in [7, 11) is 1.62. The van der Waals surface area contributed by atoms with Gasteiger partial charge < -0.3 is 4.74 Å². The topological polar surface area (TPSA) is 55.0 Å². The average molecular weight is 230 g/mol. The fourth-order valence-corrected chi connectivity index (χ4v) is 1.75. The van der Waals surface area contributed by atoms with Crippen molar-refractivity contribution in [2.24, 2.45) is 0 Å². The van der Waals surface area contributed by atoms with Gasteiger partial charge in [0.25, 0.3) is 0 Å². The Hall–Kier alpha value is -2.10. The summed E-state index contributed by atoms with van der Waals surface area (Å²) >= 11 is 0. The summed E-state index contributed by atoms with van der Waals surface area (Å²) in [6.07, 6.45) is 2.30. The molecule has 1 aromatic carbocycles. The molecule has 0 unspecified atom stereocenters. The number of hydrogen-bond donors (Lipinski definition) is 1. The number of carbonyl (C=O) groups is 1. The minimum Gasteiger partial charge on any atom is -0.496 e. The maximum Gasteiger partial charge on any atom is 0.153 e. The summed E-state index contributed by atoms with van der Waals surface area (Å²) < 4.78 is 5.34. The summed E-state index contributed by atoms with van der Waals surface area (Å²) in [6, 6.07) is 3.95. The monoisotopic (exact) mass is 230 g/mol. The Bertz CT molecular complexity index is 559. The highest BCUT2D eigenvalue weighted by Gasteiger charge is 2.13. The molecule has 0 amide bonds. The molecule has 0 fully saturated rings. The molecule has 4 nitrogen and oxygen atoms in total. The largest absolute Gasteiger partial charge is 0.496 e. The van der Waals surface area contributed by atoms with Crippen molar-refractivity contribution in [2.75, 3.05) is 7.11 Å². The fourth-order valence-electron chi connectivity index (χ4n) is 1.75. The van der Waals surface area contributed by atoms with E-state index < -0.39 is 0 Å². The van der Waals surface area contributed by atoms with E-state index in [1.807, 2.05) is 26.0 Å². The number of aromatic amines is 1. The molecule has 0 aliphatic rings. The van der Waals surface area contributed by atoms with Crippen LogP contribution in [0, 0.1) is 13.8 Å². The number of benzene rings is 1. The van der Waals surface area contributed by atoms with Gasteiger partial charge in [-0.05, 0) is 37.1 Å².